The van der Waals surface area contributed by atoms with Crippen molar-refractivity contribution in [2.24, 2.45) is 0 Å². The van der Waals surface area contributed by atoms with Crippen molar-refractivity contribution in [1.29, 1.82) is 0 Å². The summed E-state index contributed by atoms with van der Waals surface area (Å²) in [6.45, 7) is 6.77. The Kier molecular flexibility index (Phi) is 4.59. The summed E-state index contributed by atoms with van der Waals surface area (Å²) in [6, 6.07) is 0.774. The second-order valence-corrected chi connectivity index (χ2v) is 4.95. The van der Waals surface area contributed by atoms with Gasteiger partial charge in [-0.15, -0.1) is 0 Å². The molecular weight excluding hydrogens is 286 g/mol. The minimum absolute atomic E-state index is 0.0836. The lowest BCUT2D eigenvalue weighted by Gasteiger charge is -2.12. The van der Waals surface area contributed by atoms with Gasteiger partial charge in [-0.05, 0) is 26.8 Å². The molecule has 1 unspecified atom stereocenters. The maximum atomic E-state index is 12.1. The van der Waals surface area contributed by atoms with Gasteiger partial charge in [0.05, 0.1) is 6.20 Å². The maximum absolute atomic E-state index is 12.1. The lowest BCUT2D eigenvalue weighted by atomic mass is 10.2. The Bertz CT molecular complexity index is 688. The molecule has 0 bridgehead atoms. The van der Waals surface area contributed by atoms with Gasteiger partial charge >= 0.3 is 5.97 Å². The maximum Gasteiger partial charge on any atom is 0.356 e. The fourth-order valence-corrected chi connectivity index (χ4v) is 2.10. The highest BCUT2D eigenvalue weighted by atomic mass is 16.4. The zero-order valence-corrected chi connectivity index (χ0v) is 12.8. The van der Waals surface area contributed by atoms with Crippen LogP contribution >= 0.6 is 0 Å². The van der Waals surface area contributed by atoms with Crippen LogP contribution in [-0.4, -0.2) is 36.5 Å². The Morgan fingerprint density at radius 3 is 2.73 bits per heavy atom. The third kappa shape index (κ3) is 3.16. The molecule has 118 valence electrons. The molecule has 0 aromatic carbocycles. The number of carbonyl (C=O) groups excluding carboxylic acids is 1. The number of hydrogen-bond donors (Lipinski definition) is 2. The van der Waals surface area contributed by atoms with Crippen LogP contribution in [0.3, 0.4) is 0 Å². The van der Waals surface area contributed by atoms with E-state index in [1.54, 1.807) is 13.1 Å². The lowest BCUT2D eigenvalue weighted by Crippen LogP contribution is -2.31. The number of hydrogen-bond acceptors (Lipinski definition) is 4. The number of carboxylic acid groups (broad SMARTS) is 1. The molecule has 1 amide bonds. The Hall–Kier alpha value is -2.64. The first kappa shape index (κ1) is 15.7. The molecule has 1 atom stereocenters. The molecular formula is C14H19N5O3. The van der Waals surface area contributed by atoms with E-state index in [0.717, 1.165) is 17.8 Å². The molecule has 22 heavy (non-hydrogen) atoms. The first-order chi connectivity index (χ1) is 10.4. The Labute approximate surface area is 127 Å². The number of carboxylic acids is 1. The molecule has 0 aliphatic carbocycles. The van der Waals surface area contributed by atoms with E-state index in [4.69, 9.17) is 5.11 Å². The van der Waals surface area contributed by atoms with E-state index in [0.29, 0.717) is 6.54 Å². The summed E-state index contributed by atoms with van der Waals surface area (Å²) in [5.41, 5.74) is 1.89. The minimum Gasteiger partial charge on any atom is -0.476 e. The van der Waals surface area contributed by atoms with E-state index >= 15 is 0 Å². The van der Waals surface area contributed by atoms with Crippen LogP contribution in [0.15, 0.2) is 18.5 Å². The third-order valence-electron chi connectivity index (χ3n) is 3.56. The summed E-state index contributed by atoms with van der Waals surface area (Å²) in [6.07, 6.45) is 3.22. The lowest BCUT2D eigenvalue weighted by molar-refractivity contribution is -0.124. The Morgan fingerprint density at radius 1 is 1.45 bits per heavy atom. The highest BCUT2D eigenvalue weighted by molar-refractivity contribution is 5.85. The summed E-state index contributed by atoms with van der Waals surface area (Å²) in [4.78, 5) is 22.9. The molecule has 2 rings (SSSR count). The summed E-state index contributed by atoms with van der Waals surface area (Å²) >= 11 is 0. The number of aromatic nitrogens is 4. The molecule has 0 spiro atoms. The highest BCUT2D eigenvalue weighted by Crippen LogP contribution is 2.09. The van der Waals surface area contributed by atoms with Crippen molar-refractivity contribution in [3.8, 4) is 0 Å². The number of aryl methyl sites for hydroxylation is 1. The summed E-state index contributed by atoms with van der Waals surface area (Å²) in [5, 5.41) is 19.7. The minimum atomic E-state index is -1.12. The van der Waals surface area contributed by atoms with Gasteiger partial charge in [-0.25, -0.2) is 4.79 Å². The molecule has 0 fully saturated rings. The van der Waals surface area contributed by atoms with E-state index in [9.17, 15) is 9.59 Å². The average Bonchev–Trinajstić information content (AvgIpc) is 3.11. The van der Waals surface area contributed by atoms with Crippen molar-refractivity contribution in [1.82, 2.24) is 24.9 Å². The highest BCUT2D eigenvalue weighted by Gasteiger charge is 2.18. The van der Waals surface area contributed by atoms with Gasteiger partial charge in [0.2, 0.25) is 5.91 Å². The SMILES string of the molecule is CCn1ncc(CNC(=O)C(C)n2ccc(C(=O)O)n2)c1C. The van der Waals surface area contributed by atoms with Gasteiger partial charge in [0.1, 0.15) is 6.04 Å². The summed E-state index contributed by atoms with van der Waals surface area (Å²) < 4.78 is 3.19. The van der Waals surface area contributed by atoms with Crippen molar-refractivity contribution < 1.29 is 14.7 Å². The fourth-order valence-electron chi connectivity index (χ4n) is 2.10. The van der Waals surface area contributed by atoms with Crippen molar-refractivity contribution in [3.63, 3.8) is 0 Å². The molecule has 8 nitrogen and oxygen atoms in total. The van der Waals surface area contributed by atoms with Gasteiger partial charge in [0.15, 0.2) is 5.69 Å². The van der Waals surface area contributed by atoms with Crippen molar-refractivity contribution >= 4 is 11.9 Å². The first-order valence-corrected chi connectivity index (χ1v) is 7.01. The van der Waals surface area contributed by atoms with E-state index in [2.05, 4.69) is 15.5 Å². The van der Waals surface area contributed by atoms with Crippen molar-refractivity contribution in [2.45, 2.75) is 39.9 Å². The number of amides is 1. The van der Waals surface area contributed by atoms with E-state index in [1.165, 1.54) is 16.9 Å². The molecule has 0 aliphatic heterocycles. The monoisotopic (exact) mass is 305 g/mol. The molecule has 2 aromatic heterocycles. The molecule has 2 heterocycles. The van der Waals surface area contributed by atoms with Gasteiger partial charge in [0, 0.05) is 30.5 Å². The van der Waals surface area contributed by atoms with Gasteiger partial charge in [-0.3, -0.25) is 14.2 Å². The van der Waals surface area contributed by atoms with Crippen LogP contribution in [0.2, 0.25) is 0 Å². The van der Waals surface area contributed by atoms with Crippen LogP contribution in [-0.2, 0) is 17.9 Å². The van der Waals surface area contributed by atoms with Gasteiger partial charge < -0.3 is 10.4 Å². The standard InChI is InChI=1S/C14H19N5O3/c1-4-18-9(2)11(8-16-18)7-15-13(20)10(3)19-6-5-12(17-19)14(21)22/h5-6,8,10H,4,7H2,1-3H3,(H,15,20)(H,21,22). The molecule has 0 radical (unpaired) electrons. The molecule has 0 saturated carbocycles. The number of rotatable bonds is 6. The van der Waals surface area contributed by atoms with Gasteiger partial charge in [-0.1, -0.05) is 0 Å². The van der Waals surface area contributed by atoms with Gasteiger partial charge in [0.25, 0.3) is 0 Å². The smallest absolute Gasteiger partial charge is 0.356 e. The normalized spacial score (nSPS) is 12.1. The zero-order valence-electron chi connectivity index (χ0n) is 12.8. The molecule has 2 aromatic rings. The summed E-state index contributed by atoms with van der Waals surface area (Å²) in [7, 11) is 0. The zero-order chi connectivity index (χ0) is 16.3. The van der Waals surface area contributed by atoms with Crippen LogP contribution in [0.25, 0.3) is 0 Å². The van der Waals surface area contributed by atoms with Crippen LogP contribution in [0.4, 0.5) is 0 Å². The largest absolute Gasteiger partial charge is 0.476 e. The van der Waals surface area contributed by atoms with E-state index < -0.39 is 12.0 Å². The summed E-state index contributed by atoms with van der Waals surface area (Å²) in [5.74, 6) is -1.35. The predicted molar refractivity (Wildman–Crippen MR) is 78.4 cm³/mol. The Balaban J connectivity index is 1.98. The number of aromatic carboxylic acids is 1. The van der Waals surface area contributed by atoms with Crippen LogP contribution in [0, 0.1) is 6.92 Å². The molecule has 8 heteroatoms. The van der Waals surface area contributed by atoms with Crippen LogP contribution in [0.1, 0.15) is 41.6 Å². The number of nitrogens with zero attached hydrogens (tertiary/aromatic N) is 4. The van der Waals surface area contributed by atoms with Gasteiger partial charge in [-0.2, -0.15) is 10.2 Å². The second-order valence-electron chi connectivity index (χ2n) is 4.95. The first-order valence-electron chi connectivity index (χ1n) is 7.01. The quantitative estimate of drug-likeness (QED) is 0.828. The molecule has 2 N–H and O–H groups in total. The second kappa shape index (κ2) is 6.42. The number of carbonyl (C=O) groups is 2. The topological polar surface area (TPSA) is 102 Å². The molecule has 0 aliphatic rings. The Morgan fingerprint density at radius 2 is 2.18 bits per heavy atom. The van der Waals surface area contributed by atoms with Crippen LogP contribution in [0.5, 0.6) is 0 Å². The fraction of sp³-hybridized carbons (Fsp3) is 0.429. The number of nitrogens with one attached hydrogen (secondary N) is 1. The predicted octanol–water partition coefficient (Wildman–Crippen LogP) is 0.984. The van der Waals surface area contributed by atoms with E-state index in [-0.39, 0.29) is 11.6 Å². The third-order valence-corrected chi connectivity index (χ3v) is 3.56. The van der Waals surface area contributed by atoms with Crippen LogP contribution < -0.4 is 5.32 Å². The molecule has 0 saturated heterocycles. The van der Waals surface area contributed by atoms with E-state index in [1.807, 2.05) is 18.5 Å². The average molecular weight is 305 g/mol. The van der Waals surface area contributed by atoms with Crippen molar-refractivity contribution in [2.75, 3.05) is 0 Å². The van der Waals surface area contributed by atoms with Crippen molar-refractivity contribution in [3.05, 3.63) is 35.4 Å².